The number of hydrogen-bond donors (Lipinski definition) is 0. The Hall–Kier alpha value is -1.34. The summed E-state index contributed by atoms with van der Waals surface area (Å²) >= 11 is 0. The normalized spacial score (nSPS) is 7.22. The van der Waals surface area contributed by atoms with Crippen LogP contribution in [0, 0.1) is 0 Å². The van der Waals surface area contributed by atoms with Crippen molar-refractivity contribution in [2.45, 2.75) is 6.92 Å². The van der Waals surface area contributed by atoms with Gasteiger partial charge in [-0.3, -0.25) is 0 Å². The lowest BCUT2D eigenvalue weighted by Crippen LogP contribution is -1.98. The van der Waals surface area contributed by atoms with E-state index in [1.807, 2.05) is 0 Å². The number of carbonyl (C=O) groups is 1. The maximum Gasteiger partial charge on any atom is 0.338 e. The second-order valence-corrected chi connectivity index (χ2v) is 1.42. The molecule has 0 spiro atoms. The second kappa shape index (κ2) is 3.64. The van der Waals surface area contributed by atoms with Gasteiger partial charge in [0.15, 0.2) is 12.2 Å². The average Bonchev–Trinajstić information content (AvgIpc) is 1.82. The zero-order valence-corrected chi connectivity index (χ0v) is 5.01. The molecule has 0 fully saturated rings. The van der Waals surface area contributed by atoms with Crippen molar-refractivity contribution in [2.24, 2.45) is 0 Å². The molecule has 0 aromatic heterocycles. The van der Waals surface area contributed by atoms with Crippen molar-refractivity contribution < 1.29 is 14.3 Å². The number of ether oxygens (including phenoxy) is 1. The fourth-order valence-electron chi connectivity index (χ4n) is 0.178. The van der Waals surface area contributed by atoms with Crippen molar-refractivity contribution in [1.29, 1.82) is 0 Å². The van der Waals surface area contributed by atoms with Gasteiger partial charge in [0.1, 0.15) is 0 Å². The smallest absolute Gasteiger partial charge is 0.338 e. The standard InChI is InChI=1S/C6H6O3/c1-5(2)6(8)9-4-3-7/h4H,1H2,2H3. The zero-order valence-electron chi connectivity index (χ0n) is 5.01. The lowest BCUT2D eigenvalue weighted by molar-refractivity contribution is -0.133. The third kappa shape index (κ3) is 3.26. The molecule has 0 N–H and O–H groups in total. The van der Waals surface area contributed by atoms with Gasteiger partial charge in [-0.15, -0.1) is 0 Å². The maximum absolute atomic E-state index is 10.4. The summed E-state index contributed by atoms with van der Waals surface area (Å²) in [7, 11) is 0. The molecule has 0 radical (unpaired) electrons. The molecule has 48 valence electrons. The Labute approximate surface area is 52.6 Å². The highest BCUT2D eigenvalue weighted by atomic mass is 16.5. The van der Waals surface area contributed by atoms with Gasteiger partial charge in [-0.25, -0.2) is 9.59 Å². The Bertz CT molecular complexity index is 175. The first kappa shape index (κ1) is 7.66. The molecule has 9 heavy (non-hydrogen) atoms. The molecule has 0 saturated carbocycles. The fourth-order valence-corrected chi connectivity index (χ4v) is 0.178. The summed E-state index contributed by atoms with van der Waals surface area (Å²) in [5.74, 6) is 0.682. The first-order valence-electron chi connectivity index (χ1n) is 2.24. The Morgan fingerprint density at radius 2 is 2.33 bits per heavy atom. The first-order valence-corrected chi connectivity index (χ1v) is 2.24. The third-order valence-corrected chi connectivity index (χ3v) is 0.563. The van der Waals surface area contributed by atoms with Gasteiger partial charge in [-0.1, -0.05) is 6.58 Å². The number of carbonyl (C=O) groups excluding carboxylic acids is 2. The highest BCUT2D eigenvalue weighted by molar-refractivity contribution is 5.87. The van der Waals surface area contributed by atoms with Crippen molar-refractivity contribution in [3.63, 3.8) is 0 Å². The first-order chi connectivity index (χ1) is 4.18. The molecule has 0 amide bonds. The molecule has 0 rings (SSSR count). The summed E-state index contributed by atoms with van der Waals surface area (Å²) < 4.78 is 4.17. The van der Waals surface area contributed by atoms with Crippen molar-refractivity contribution in [3.8, 4) is 0 Å². The molecule has 0 unspecified atom stereocenters. The molecule has 0 heterocycles. The molecule has 0 aliphatic heterocycles. The largest absolute Gasteiger partial charge is 0.419 e. The molecule has 3 heteroatoms. The second-order valence-electron chi connectivity index (χ2n) is 1.42. The third-order valence-electron chi connectivity index (χ3n) is 0.563. The van der Waals surface area contributed by atoms with Gasteiger partial charge in [0.25, 0.3) is 0 Å². The molecule has 3 nitrogen and oxygen atoms in total. The highest BCUT2D eigenvalue weighted by Crippen LogP contribution is 1.89. The van der Waals surface area contributed by atoms with E-state index < -0.39 is 5.97 Å². The summed E-state index contributed by atoms with van der Waals surface area (Å²) in [6, 6.07) is 0. The Morgan fingerprint density at radius 3 is 2.67 bits per heavy atom. The van der Waals surface area contributed by atoms with Crippen LogP contribution in [0.15, 0.2) is 18.4 Å². The summed E-state index contributed by atoms with van der Waals surface area (Å²) in [5.41, 5.74) is 0.251. The molecule has 0 aliphatic rings. The van der Waals surface area contributed by atoms with Crippen LogP contribution >= 0.6 is 0 Å². The van der Waals surface area contributed by atoms with Crippen LogP contribution in [0.3, 0.4) is 0 Å². The molecule has 0 atom stereocenters. The Balaban J connectivity index is 3.78. The van der Waals surface area contributed by atoms with Crippen LogP contribution < -0.4 is 0 Å². The monoisotopic (exact) mass is 126 g/mol. The highest BCUT2D eigenvalue weighted by Gasteiger charge is 1.98. The van der Waals surface area contributed by atoms with E-state index in [4.69, 9.17) is 0 Å². The summed E-state index contributed by atoms with van der Waals surface area (Å²) in [6.07, 6.45) is 0.650. The van der Waals surface area contributed by atoms with Crippen LogP contribution in [0.4, 0.5) is 0 Å². The Kier molecular flexibility index (Phi) is 3.09. The molecule has 0 aromatic rings. The van der Waals surface area contributed by atoms with Crippen LogP contribution in [-0.2, 0) is 14.3 Å². The van der Waals surface area contributed by atoms with Gasteiger partial charge in [0.2, 0.25) is 0 Å². The van der Waals surface area contributed by atoms with E-state index in [1.165, 1.54) is 12.9 Å². The lowest BCUT2D eigenvalue weighted by Gasteiger charge is -1.91. The quantitative estimate of drug-likeness (QED) is 0.233. The van der Waals surface area contributed by atoms with Gasteiger partial charge in [-0.2, -0.15) is 0 Å². The van der Waals surface area contributed by atoms with Crippen LogP contribution in [0.25, 0.3) is 0 Å². The lowest BCUT2D eigenvalue weighted by atomic mass is 10.4. The molecular weight excluding hydrogens is 120 g/mol. The van der Waals surface area contributed by atoms with E-state index in [1.54, 1.807) is 0 Å². The predicted octanol–water partition coefficient (Wildman–Crippen LogP) is 0.451. The topological polar surface area (TPSA) is 43.4 Å². The van der Waals surface area contributed by atoms with E-state index >= 15 is 0 Å². The zero-order chi connectivity index (χ0) is 7.28. The minimum absolute atomic E-state index is 0.251. The summed E-state index contributed by atoms with van der Waals surface area (Å²) in [5, 5.41) is 0. The van der Waals surface area contributed by atoms with Gasteiger partial charge in [-0.05, 0) is 6.92 Å². The molecule has 0 aromatic carbocycles. The van der Waals surface area contributed by atoms with Crippen molar-refractivity contribution >= 4 is 11.9 Å². The maximum atomic E-state index is 10.4. The van der Waals surface area contributed by atoms with E-state index in [0.29, 0.717) is 6.26 Å². The van der Waals surface area contributed by atoms with Crippen molar-refractivity contribution in [3.05, 3.63) is 18.4 Å². The van der Waals surface area contributed by atoms with Crippen LogP contribution in [-0.4, -0.2) is 11.9 Å². The van der Waals surface area contributed by atoms with Crippen molar-refractivity contribution in [1.82, 2.24) is 0 Å². The Morgan fingerprint density at radius 1 is 1.78 bits per heavy atom. The molecule has 0 bridgehead atoms. The summed E-state index contributed by atoms with van der Waals surface area (Å²) in [6.45, 7) is 4.77. The predicted molar refractivity (Wildman–Crippen MR) is 31.2 cm³/mol. The van der Waals surface area contributed by atoms with E-state index in [-0.39, 0.29) is 5.57 Å². The fraction of sp³-hybridized carbons (Fsp3) is 0.167. The minimum atomic E-state index is -0.613. The van der Waals surface area contributed by atoms with E-state index in [2.05, 4.69) is 11.3 Å². The van der Waals surface area contributed by atoms with Crippen LogP contribution in [0.5, 0.6) is 0 Å². The number of esters is 1. The molecule has 0 saturated heterocycles. The summed E-state index contributed by atoms with van der Waals surface area (Å²) in [4.78, 5) is 19.8. The van der Waals surface area contributed by atoms with Gasteiger partial charge in [0, 0.05) is 5.57 Å². The minimum Gasteiger partial charge on any atom is -0.419 e. The number of rotatable bonds is 2. The van der Waals surface area contributed by atoms with Gasteiger partial charge >= 0.3 is 5.97 Å². The van der Waals surface area contributed by atoms with E-state index in [0.717, 1.165) is 0 Å². The van der Waals surface area contributed by atoms with Gasteiger partial charge < -0.3 is 4.74 Å². The SMILES string of the molecule is C=C(C)C(=O)OC=C=O. The number of hydrogen-bond acceptors (Lipinski definition) is 3. The molecule has 0 aliphatic carbocycles. The average molecular weight is 126 g/mol. The van der Waals surface area contributed by atoms with Crippen LogP contribution in [0.1, 0.15) is 6.92 Å². The van der Waals surface area contributed by atoms with Crippen molar-refractivity contribution in [2.75, 3.05) is 0 Å². The van der Waals surface area contributed by atoms with Crippen LogP contribution in [0.2, 0.25) is 0 Å². The van der Waals surface area contributed by atoms with E-state index in [9.17, 15) is 9.59 Å². The van der Waals surface area contributed by atoms with Gasteiger partial charge in [0.05, 0.1) is 0 Å². The molecular formula is C6H6O3.